The molecule has 0 bridgehead atoms. The van der Waals surface area contributed by atoms with Crippen LogP contribution in [0.5, 0.6) is 0 Å². The van der Waals surface area contributed by atoms with Gasteiger partial charge in [0.2, 0.25) is 0 Å². The number of hydrogen-bond donors (Lipinski definition) is 0. The number of carbonyl (C=O) groups excluding carboxylic acids is 1. The Labute approximate surface area is 110 Å². The zero-order valence-corrected chi connectivity index (χ0v) is 11.4. The second kappa shape index (κ2) is 6.56. The van der Waals surface area contributed by atoms with Crippen LogP contribution in [0, 0.1) is 5.92 Å². The number of nitrogens with zero attached hydrogens (tertiary/aromatic N) is 1. The van der Waals surface area contributed by atoms with E-state index in [9.17, 15) is 18.0 Å². The van der Waals surface area contributed by atoms with Crippen molar-refractivity contribution < 1.29 is 27.4 Å². The zero-order valence-electron chi connectivity index (χ0n) is 11.4. The number of rotatable bonds is 5. The Hall–Kier alpha value is -0.820. The Bertz CT molecular complexity index is 303. The molecule has 1 fully saturated rings. The first kappa shape index (κ1) is 16.2. The summed E-state index contributed by atoms with van der Waals surface area (Å²) < 4.78 is 47.1. The molecular formula is C12H20F3NO3. The van der Waals surface area contributed by atoms with Crippen LogP contribution in [-0.2, 0) is 14.3 Å². The molecule has 3 atom stereocenters. The SMILES string of the molecule is C[C@H](OC(=O)[C@H](C)N(C)CC(F)(F)F)[C@H]1CCOC1. The molecule has 0 aromatic heterocycles. The predicted molar refractivity (Wildman–Crippen MR) is 62.6 cm³/mol. The molecule has 0 radical (unpaired) electrons. The summed E-state index contributed by atoms with van der Waals surface area (Å²) in [6, 6.07) is -0.925. The molecule has 0 aromatic carbocycles. The maximum absolute atomic E-state index is 12.2. The van der Waals surface area contributed by atoms with Crippen LogP contribution in [0.4, 0.5) is 13.2 Å². The van der Waals surface area contributed by atoms with Gasteiger partial charge in [-0.15, -0.1) is 0 Å². The van der Waals surface area contributed by atoms with Gasteiger partial charge in [-0.25, -0.2) is 0 Å². The third kappa shape index (κ3) is 5.36. The van der Waals surface area contributed by atoms with Gasteiger partial charge in [0.25, 0.3) is 0 Å². The molecule has 1 heterocycles. The van der Waals surface area contributed by atoms with E-state index in [4.69, 9.17) is 9.47 Å². The molecule has 1 saturated heterocycles. The normalized spacial score (nSPS) is 23.4. The lowest BCUT2D eigenvalue weighted by molar-refractivity contribution is -0.166. The molecule has 0 saturated carbocycles. The lowest BCUT2D eigenvalue weighted by Crippen LogP contribution is -2.43. The van der Waals surface area contributed by atoms with Crippen molar-refractivity contribution in [1.29, 1.82) is 0 Å². The summed E-state index contributed by atoms with van der Waals surface area (Å²) in [6.07, 6.45) is -3.85. The Kier molecular flexibility index (Phi) is 5.61. The Morgan fingerprint density at radius 2 is 2.11 bits per heavy atom. The Morgan fingerprint density at radius 3 is 2.58 bits per heavy atom. The molecule has 1 rings (SSSR count). The van der Waals surface area contributed by atoms with Crippen molar-refractivity contribution in [1.82, 2.24) is 4.90 Å². The summed E-state index contributed by atoms with van der Waals surface area (Å²) in [5, 5.41) is 0. The van der Waals surface area contributed by atoms with Crippen molar-refractivity contribution in [3.05, 3.63) is 0 Å². The van der Waals surface area contributed by atoms with Crippen LogP contribution in [0.25, 0.3) is 0 Å². The van der Waals surface area contributed by atoms with E-state index in [-0.39, 0.29) is 12.0 Å². The van der Waals surface area contributed by atoms with Gasteiger partial charge < -0.3 is 9.47 Å². The van der Waals surface area contributed by atoms with Gasteiger partial charge in [0.05, 0.1) is 13.2 Å². The highest BCUT2D eigenvalue weighted by Gasteiger charge is 2.34. The summed E-state index contributed by atoms with van der Waals surface area (Å²) in [5.74, 6) is -0.504. The highest BCUT2D eigenvalue weighted by atomic mass is 19.4. The van der Waals surface area contributed by atoms with Crippen molar-refractivity contribution in [2.45, 2.75) is 38.6 Å². The summed E-state index contributed by atoms with van der Waals surface area (Å²) in [4.78, 5) is 12.7. The fraction of sp³-hybridized carbons (Fsp3) is 0.917. The molecule has 1 aliphatic heterocycles. The summed E-state index contributed by atoms with van der Waals surface area (Å²) >= 11 is 0. The number of halogens is 3. The van der Waals surface area contributed by atoms with Crippen LogP contribution in [0.1, 0.15) is 20.3 Å². The van der Waals surface area contributed by atoms with E-state index in [0.717, 1.165) is 11.3 Å². The van der Waals surface area contributed by atoms with Crippen molar-refractivity contribution in [3.8, 4) is 0 Å². The molecule has 0 N–H and O–H groups in total. The molecule has 0 unspecified atom stereocenters. The first-order valence-electron chi connectivity index (χ1n) is 6.26. The Morgan fingerprint density at radius 1 is 1.47 bits per heavy atom. The monoisotopic (exact) mass is 283 g/mol. The second-order valence-electron chi connectivity index (χ2n) is 4.97. The largest absolute Gasteiger partial charge is 0.461 e. The molecule has 0 aromatic rings. The first-order chi connectivity index (χ1) is 8.70. The summed E-state index contributed by atoms with van der Waals surface area (Å²) in [7, 11) is 1.25. The third-order valence-electron chi connectivity index (χ3n) is 3.36. The van der Waals surface area contributed by atoms with Crippen LogP contribution in [-0.4, -0.2) is 56.0 Å². The zero-order chi connectivity index (χ0) is 14.6. The van der Waals surface area contributed by atoms with Gasteiger partial charge in [-0.1, -0.05) is 0 Å². The van der Waals surface area contributed by atoms with Gasteiger partial charge in [0.1, 0.15) is 12.1 Å². The number of likely N-dealkylation sites (N-methyl/N-ethyl adjacent to an activating group) is 1. The maximum Gasteiger partial charge on any atom is 0.401 e. The van der Waals surface area contributed by atoms with Crippen LogP contribution >= 0.6 is 0 Å². The molecule has 7 heteroatoms. The van der Waals surface area contributed by atoms with Crippen molar-refractivity contribution in [2.24, 2.45) is 5.92 Å². The highest BCUT2D eigenvalue weighted by Crippen LogP contribution is 2.21. The average Bonchev–Trinajstić information content (AvgIpc) is 2.78. The number of hydrogen-bond acceptors (Lipinski definition) is 4. The quantitative estimate of drug-likeness (QED) is 0.722. The summed E-state index contributed by atoms with van der Waals surface area (Å²) in [6.45, 7) is 3.18. The van der Waals surface area contributed by atoms with Gasteiger partial charge in [-0.3, -0.25) is 9.69 Å². The topological polar surface area (TPSA) is 38.8 Å². The van der Waals surface area contributed by atoms with E-state index in [2.05, 4.69) is 0 Å². The number of ether oxygens (including phenoxy) is 2. The number of alkyl halides is 3. The smallest absolute Gasteiger partial charge is 0.401 e. The van der Waals surface area contributed by atoms with Crippen molar-refractivity contribution >= 4 is 5.97 Å². The third-order valence-corrected chi connectivity index (χ3v) is 3.36. The van der Waals surface area contributed by atoms with Gasteiger partial charge in [-0.2, -0.15) is 13.2 Å². The molecular weight excluding hydrogens is 263 g/mol. The molecule has 112 valence electrons. The molecule has 4 nitrogen and oxygen atoms in total. The fourth-order valence-electron chi connectivity index (χ4n) is 1.90. The minimum absolute atomic E-state index is 0.129. The lowest BCUT2D eigenvalue weighted by Gasteiger charge is -2.26. The van der Waals surface area contributed by atoms with E-state index in [1.807, 2.05) is 0 Å². The minimum atomic E-state index is -4.33. The van der Waals surface area contributed by atoms with Crippen LogP contribution in [0.2, 0.25) is 0 Å². The first-order valence-corrected chi connectivity index (χ1v) is 6.26. The second-order valence-corrected chi connectivity index (χ2v) is 4.97. The predicted octanol–water partition coefficient (Wildman–Crippen LogP) is 1.84. The maximum atomic E-state index is 12.2. The van der Waals surface area contributed by atoms with Gasteiger partial charge in [0, 0.05) is 12.5 Å². The van der Waals surface area contributed by atoms with Gasteiger partial charge in [0.15, 0.2) is 0 Å². The van der Waals surface area contributed by atoms with E-state index < -0.39 is 24.7 Å². The molecule has 1 aliphatic rings. The highest BCUT2D eigenvalue weighted by molar-refractivity contribution is 5.75. The standard InChI is InChI=1S/C12H20F3NO3/c1-8(16(3)7-12(13,14)15)11(17)19-9(2)10-4-5-18-6-10/h8-10H,4-7H2,1-3H3/t8-,9-,10-/m0/s1. The lowest BCUT2D eigenvalue weighted by atomic mass is 10.0. The van der Waals surface area contributed by atoms with Crippen LogP contribution < -0.4 is 0 Å². The molecule has 0 aliphatic carbocycles. The van der Waals surface area contributed by atoms with E-state index in [1.165, 1.54) is 14.0 Å². The minimum Gasteiger partial charge on any atom is -0.461 e. The van der Waals surface area contributed by atoms with Crippen molar-refractivity contribution in [3.63, 3.8) is 0 Å². The molecule has 0 amide bonds. The molecule has 19 heavy (non-hydrogen) atoms. The van der Waals surface area contributed by atoms with Crippen LogP contribution in [0.15, 0.2) is 0 Å². The van der Waals surface area contributed by atoms with E-state index >= 15 is 0 Å². The average molecular weight is 283 g/mol. The fourth-order valence-corrected chi connectivity index (χ4v) is 1.90. The summed E-state index contributed by atoms with van der Waals surface area (Å²) in [5.41, 5.74) is 0. The number of carbonyl (C=O) groups is 1. The molecule has 0 spiro atoms. The number of esters is 1. The van der Waals surface area contributed by atoms with Crippen LogP contribution in [0.3, 0.4) is 0 Å². The van der Waals surface area contributed by atoms with Crippen molar-refractivity contribution in [2.75, 3.05) is 26.8 Å². The Balaban J connectivity index is 2.43. The van der Waals surface area contributed by atoms with E-state index in [0.29, 0.717) is 13.2 Å². The van der Waals surface area contributed by atoms with E-state index in [1.54, 1.807) is 6.92 Å². The van der Waals surface area contributed by atoms with Gasteiger partial charge >= 0.3 is 12.1 Å². The van der Waals surface area contributed by atoms with Gasteiger partial charge in [-0.05, 0) is 27.3 Å².